The molecule has 0 spiro atoms. The lowest BCUT2D eigenvalue weighted by Gasteiger charge is -2.24. The molecule has 0 aliphatic carbocycles. The SMILES string of the molecule is CC1C2CNCC2CN1Cc1ccc(Cl)c2cccnc12. The van der Waals surface area contributed by atoms with E-state index in [4.69, 9.17) is 11.6 Å². The number of hydrogen-bond acceptors (Lipinski definition) is 3. The first-order chi connectivity index (χ1) is 10.2. The third-order valence-electron chi connectivity index (χ3n) is 5.23. The van der Waals surface area contributed by atoms with Crippen LogP contribution in [0.2, 0.25) is 5.02 Å². The Morgan fingerprint density at radius 3 is 3.10 bits per heavy atom. The van der Waals surface area contributed by atoms with Crippen LogP contribution in [0.4, 0.5) is 0 Å². The van der Waals surface area contributed by atoms with Gasteiger partial charge in [-0.1, -0.05) is 17.7 Å². The summed E-state index contributed by atoms with van der Waals surface area (Å²) >= 11 is 6.29. The molecule has 3 heterocycles. The van der Waals surface area contributed by atoms with E-state index in [1.54, 1.807) is 0 Å². The molecule has 0 amide bonds. The third kappa shape index (κ3) is 2.24. The standard InChI is InChI=1S/C17H20ClN3/c1-11-15-8-19-7-13(15)10-21(11)9-12-4-5-16(18)14-3-2-6-20-17(12)14/h2-6,11,13,15,19H,7-10H2,1H3. The van der Waals surface area contributed by atoms with Crippen molar-refractivity contribution < 1.29 is 0 Å². The van der Waals surface area contributed by atoms with Crippen LogP contribution < -0.4 is 5.32 Å². The van der Waals surface area contributed by atoms with Crippen LogP contribution in [-0.4, -0.2) is 35.6 Å². The van der Waals surface area contributed by atoms with Gasteiger partial charge in [0, 0.05) is 35.7 Å². The summed E-state index contributed by atoms with van der Waals surface area (Å²) < 4.78 is 0. The maximum atomic E-state index is 6.29. The lowest BCUT2D eigenvalue weighted by molar-refractivity contribution is 0.232. The van der Waals surface area contributed by atoms with Crippen molar-refractivity contribution in [2.24, 2.45) is 11.8 Å². The molecule has 3 nitrogen and oxygen atoms in total. The van der Waals surface area contributed by atoms with Crippen molar-refractivity contribution in [3.8, 4) is 0 Å². The summed E-state index contributed by atoms with van der Waals surface area (Å²) in [6.07, 6.45) is 1.86. The minimum Gasteiger partial charge on any atom is -0.316 e. The number of hydrogen-bond donors (Lipinski definition) is 1. The van der Waals surface area contributed by atoms with Gasteiger partial charge >= 0.3 is 0 Å². The van der Waals surface area contributed by atoms with Crippen LogP contribution in [0.1, 0.15) is 12.5 Å². The molecule has 3 unspecified atom stereocenters. The molecule has 2 aliphatic rings. The number of rotatable bonds is 2. The average molecular weight is 302 g/mol. The van der Waals surface area contributed by atoms with Crippen molar-refractivity contribution >= 4 is 22.5 Å². The lowest BCUT2D eigenvalue weighted by atomic mass is 9.95. The summed E-state index contributed by atoms with van der Waals surface area (Å²) in [5.74, 6) is 1.61. The van der Waals surface area contributed by atoms with Crippen LogP contribution in [0.5, 0.6) is 0 Å². The molecule has 0 radical (unpaired) electrons. The second kappa shape index (κ2) is 5.24. The lowest BCUT2D eigenvalue weighted by Crippen LogP contribution is -2.32. The van der Waals surface area contributed by atoms with Gasteiger partial charge in [-0.15, -0.1) is 0 Å². The third-order valence-corrected chi connectivity index (χ3v) is 5.56. The highest BCUT2D eigenvalue weighted by molar-refractivity contribution is 6.35. The molecule has 0 saturated carbocycles. The number of nitrogens with zero attached hydrogens (tertiary/aromatic N) is 2. The van der Waals surface area contributed by atoms with Gasteiger partial charge in [0.25, 0.3) is 0 Å². The number of halogens is 1. The van der Waals surface area contributed by atoms with Gasteiger partial charge in [0.05, 0.1) is 5.52 Å². The molecular formula is C17H20ClN3. The molecular weight excluding hydrogens is 282 g/mol. The Labute approximate surface area is 130 Å². The van der Waals surface area contributed by atoms with Crippen LogP contribution in [0.3, 0.4) is 0 Å². The minimum absolute atomic E-state index is 0.638. The molecule has 4 rings (SSSR count). The molecule has 2 fully saturated rings. The maximum Gasteiger partial charge on any atom is 0.0761 e. The van der Waals surface area contributed by atoms with Crippen molar-refractivity contribution in [1.29, 1.82) is 0 Å². The van der Waals surface area contributed by atoms with Gasteiger partial charge in [0.1, 0.15) is 0 Å². The van der Waals surface area contributed by atoms with Gasteiger partial charge in [0.15, 0.2) is 0 Å². The monoisotopic (exact) mass is 301 g/mol. The van der Waals surface area contributed by atoms with Gasteiger partial charge in [-0.3, -0.25) is 9.88 Å². The van der Waals surface area contributed by atoms with E-state index in [2.05, 4.69) is 34.3 Å². The number of fused-ring (bicyclic) bond motifs is 2. The van der Waals surface area contributed by atoms with Crippen LogP contribution in [0.15, 0.2) is 30.5 Å². The van der Waals surface area contributed by atoms with Crippen molar-refractivity contribution in [1.82, 2.24) is 15.2 Å². The molecule has 4 heteroatoms. The maximum absolute atomic E-state index is 6.29. The first-order valence-electron chi connectivity index (χ1n) is 7.71. The first kappa shape index (κ1) is 13.5. The second-order valence-corrected chi connectivity index (χ2v) is 6.77. The van der Waals surface area contributed by atoms with Gasteiger partial charge in [-0.25, -0.2) is 0 Å². The molecule has 2 saturated heterocycles. The zero-order chi connectivity index (χ0) is 14.4. The van der Waals surface area contributed by atoms with E-state index in [-0.39, 0.29) is 0 Å². The fraction of sp³-hybridized carbons (Fsp3) is 0.471. The van der Waals surface area contributed by atoms with Crippen molar-refractivity contribution in [3.63, 3.8) is 0 Å². The van der Waals surface area contributed by atoms with Gasteiger partial charge < -0.3 is 5.32 Å². The summed E-state index contributed by atoms with van der Waals surface area (Å²) in [4.78, 5) is 7.16. The fourth-order valence-electron chi connectivity index (χ4n) is 4.01. The first-order valence-corrected chi connectivity index (χ1v) is 8.08. The average Bonchev–Trinajstić information content (AvgIpc) is 3.07. The predicted molar refractivity (Wildman–Crippen MR) is 86.5 cm³/mol. The predicted octanol–water partition coefficient (Wildman–Crippen LogP) is 2.93. The highest BCUT2D eigenvalue weighted by Crippen LogP contribution is 2.34. The Morgan fingerprint density at radius 2 is 2.24 bits per heavy atom. The minimum atomic E-state index is 0.638. The summed E-state index contributed by atoms with van der Waals surface area (Å²) in [5, 5.41) is 5.37. The van der Waals surface area contributed by atoms with E-state index in [9.17, 15) is 0 Å². The zero-order valence-corrected chi connectivity index (χ0v) is 13.0. The van der Waals surface area contributed by atoms with E-state index in [1.807, 2.05) is 18.3 Å². The summed E-state index contributed by atoms with van der Waals surface area (Å²) in [6, 6.07) is 8.78. The Hall–Kier alpha value is -1.16. The largest absolute Gasteiger partial charge is 0.316 e. The molecule has 1 aromatic carbocycles. The van der Waals surface area contributed by atoms with Gasteiger partial charge in [-0.05, 0) is 55.6 Å². The number of pyridine rings is 1. The topological polar surface area (TPSA) is 28.2 Å². The molecule has 110 valence electrons. The Bertz CT molecular complexity index is 672. The van der Waals surface area contributed by atoms with Gasteiger partial charge in [-0.2, -0.15) is 0 Å². The van der Waals surface area contributed by atoms with Crippen LogP contribution in [0, 0.1) is 11.8 Å². The molecule has 3 atom stereocenters. The second-order valence-electron chi connectivity index (χ2n) is 6.36. The van der Waals surface area contributed by atoms with Crippen molar-refractivity contribution in [2.45, 2.75) is 19.5 Å². The Kier molecular flexibility index (Phi) is 3.37. The zero-order valence-electron chi connectivity index (χ0n) is 12.2. The normalized spacial score (nSPS) is 29.1. The molecule has 1 N–H and O–H groups in total. The van der Waals surface area contributed by atoms with Crippen molar-refractivity contribution in [3.05, 3.63) is 41.0 Å². The van der Waals surface area contributed by atoms with Crippen LogP contribution in [0.25, 0.3) is 10.9 Å². The fourth-order valence-corrected chi connectivity index (χ4v) is 4.22. The highest BCUT2D eigenvalue weighted by atomic mass is 35.5. The number of nitrogens with one attached hydrogen (secondary N) is 1. The molecule has 2 aliphatic heterocycles. The quantitative estimate of drug-likeness (QED) is 0.924. The molecule has 1 aromatic heterocycles. The Morgan fingerprint density at radius 1 is 1.33 bits per heavy atom. The van der Waals surface area contributed by atoms with E-state index >= 15 is 0 Å². The highest BCUT2D eigenvalue weighted by Gasteiger charge is 2.41. The van der Waals surface area contributed by atoms with Crippen LogP contribution >= 0.6 is 11.6 Å². The van der Waals surface area contributed by atoms with Gasteiger partial charge in [0.2, 0.25) is 0 Å². The smallest absolute Gasteiger partial charge is 0.0761 e. The molecule has 0 bridgehead atoms. The number of benzene rings is 1. The number of likely N-dealkylation sites (tertiary alicyclic amines) is 1. The van der Waals surface area contributed by atoms with Crippen LogP contribution in [-0.2, 0) is 6.54 Å². The van der Waals surface area contributed by atoms with E-state index in [0.29, 0.717) is 6.04 Å². The summed E-state index contributed by atoms with van der Waals surface area (Å²) in [6.45, 7) is 6.87. The van der Waals surface area contributed by atoms with E-state index < -0.39 is 0 Å². The number of aromatic nitrogens is 1. The Balaban J connectivity index is 1.65. The van der Waals surface area contributed by atoms with E-state index in [0.717, 1.165) is 34.3 Å². The van der Waals surface area contributed by atoms with Crippen molar-refractivity contribution in [2.75, 3.05) is 19.6 Å². The molecule has 21 heavy (non-hydrogen) atoms. The summed E-state index contributed by atoms with van der Waals surface area (Å²) in [7, 11) is 0. The van der Waals surface area contributed by atoms with E-state index in [1.165, 1.54) is 25.2 Å². The summed E-state index contributed by atoms with van der Waals surface area (Å²) in [5.41, 5.74) is 2.34. The molecule has 2 aromatic rings.